The minimum Gasteiger partial charge on any atom is -0.390 e. The summed E-state index contributed by atoms with van der Waals surface area (Å²) < 4.78 is 1.77. The van der Waals surface area contributed by atoms with E-state index in [0.29, 0.717) is 5.69 Å². The molecule has 15 heavy (non-hydrogen) atoms. The molecule has 2 rings (SSSR count). The highest BCUT2D eigenvalue weighted by Gasteiger charge is 2.04. The van der Waals surface area contributed by atoms with Gasteiger partial charge >= 0.3 is 0 Å². The van der Waals surface area contributed by atoms with Gasteiger partial charge in [-0.15, -0.1) is 0 Å². The molecule has 0 saturated heterocycles. The number of aliphatic hydroxyl groups is 1. The number of hydrogen-bond donors (Lipinski definition) is 1. The number of aryl methyl sites for hydroxylation is 2. The lowest BCUT2D eigenvalue weighted by atomic mass is 10.3. The summed E-state index contributed by atoms with van der Waals surface area (Å²) in [6, 6.07) is 7.52. The van der Waals surface area contributed by atoms with E-state index in [1.54, 1.807) is 10.7 Å². The first-order chi connectivity index (χ1) is 7.20. The van der Waals surface area contributed by atoms with E-state index in [1.165, 1.54) is 0 Å². The molecule has 4 heteroatoms. The van der Waals surface area contributed by atoms with Crippen LogP contribution >= 0.6 is 0 Å². The first-order valence-electron chi connectivity index (χ1n) is 4.81. The Labute approximate surface area is 88.2 Å². The first kappa shape index (κ1) is 9.86. The summed E-state index contributed by atoms with van der Waals surface area (Å²) >= 11 is 0. The van der Waals surface area contributed by atoms with Gasteiger partial charge in [-0.05, 0) is 32.0 Å². The van der Waals surface area contributed by atoms with Crippen molar-refractivity contribution in [1.82, 2.24) is 14.8 Å². The second kappa shape index (κ2) is 3.82. The van der Waals surface area contributed by atoms with Gasteiger partial charge in [-0.1, -0.05) is 6.07 Å². The molecule has 0 aromatic carbocycles. The molecular formula is C11H13N3O. The Morgan fingerprint density at radius 2 is 2.13 bits per heavy atom. The van der Waals surface area contributed by atoms with Crippen molar-refractivity contribution in [1.29, 1.82) is 0 Å². The predicted octanol–water partition coefficient (Wildman–Crippen LogP) is 1.38. The van der Waals surface area contributed by atoms with E-state index >= 15 is 0 Å². The lowest BCUT2D eigenvalue weighted by molar-refractivity contribution is 0.276. The van der Waals surface area contributed by atoms with Crippen LogP contribution in [0.1, 0.15) is 17.1 Å². The van der Waals surface area contributed by atoms with E-state index in [1.807, 2.05) is 32.0 Å². The average Bonchev–Trinajstić information content (AvgIpc) is 2.58. The monoisotopic (exact) mass is 203 g/mol. The Balaban J connectivity index is 2.49. The van der Waals surface area contributed by atoms with Gasteiger partial charge in [0.15, 0.2) is 5.82 Å². The fraction of sp³-hybridized carbons (Fsp3) is 0.273. The summed E-state index contributed by atoms with van der Waals surface area (Å²) in [6.07, 6.45) is 0. The van der Waals surface area contributed by atoms with Crippen LogP contribution in [0.4, 0.5) is 0 Å². The van der Waals surface area contributed by atoms with Crippen LogP contribution in [-0.2, 0) is 6.61 Å². The van der Waals surface area contributed by atoms with E-state index in [9.17, 15) is 0 Å². The Morgan fingerprint density at radius 3 is 2.73 bits per heavy atom. The molecular weight excluding hydrogens is 190 g/mol. The third-order valence-electron chi connectivity index (χ3n) is 2.18. The zero-order valence-corrected chi connectivity index (χ0v) is 8.81. The third kappa shape index (κ3) is 1.89. The van der Waals surface area contributed by atoms with Crippen molar-refractivity contribution >= 4 is 0 Å². The molecule has 0 bridgehead atoms. The quantitative estimate of drug-likeness (QED) is 0.802. The predicted molar refractivity (Wildman–Crippen MR) is 56.8 cm³/mol. The fourth-order valence-electron chi connectivity index (χ4n) is 1.53. The van der Waals surface area contributed by atoms with Crippen molar-refractivity contribution in [3.05, 3.63) is 41.3 Å². The number of pyridine rings is 1. The van der Waals surface area contributed by atoms with E-state index in [-0.39, 0.29) is 6.61 Å². The van der Waals surface area contributed by atoms with Gasteiger partial charge < -0.3 is 5.11 Å². The Bertz CT molecular complexity index is 476. The van der Waals surface area contributed by atoms with Crippen molar-refractivity contribution < 1.29 is 5.11 Å². The zero-order valence-electron chi connectivity index (χ0n) is 8.81. The molecule has 2 aromatic heterocycles. The van der Waals surface area contributed by atoms with E-state index < -0.39 is 0 Å². The number of hydrogen-bond acceptors (Lipinski definition) is 3. The molecule has 0 atom stereocenters. The second-order valence-electron chi connectivity index (χ2n) is 3.48. The molecule has 0 aliphatic rings. The van der Waals surface area contributed by atoms with Gasteiger partial charge in [0.05, 0.1) is 18.0 Å². The van der Waals surface area contributed by atoms with Crippen LogP contribution in [0, 0.1) is 13.8 Å². The van der Waals surface area contributed by atoms with Gasteiger partial charge in [0, 0.05) is 5.69 Å². The van der Waals surface area contributed by atoms with Crippen molar-refractivity contribution in [2.75, 3.05) is 0 Å². The Morgan fingerprint density at radius 1 is 1.33 bits per heavy atom. The first-order valence-corrected chi connectivity index (χ1v) is 4.81. The zero-order chi connectivity index (χ0) is 10.8. The number of aromatic nitrogens is 3. The molecule has 0 amide bonds. The van der Waals surface area contributed by atoms with Gasteiger partial charge in [0.2, 0.25) is 0 Å². The standard InChI is InChI=1S/C11H13N3O/c1-8-6-9(2)14(13-8)11-5-3-4-10(7-15)12-11/h3-6,15H,7H2,1-2H3. The topological polar surface area (TPSA) is 50.9 Å². The molecule has 1 N–H and O–H groups in total. The lowest BCUT2D eigenvalue weighted by Gasteiger charge is -2.04. The molecule has 0 aliphatic carbocycles. The highest BCUT2D eigenvalue weighted by atomic mass is 16.3. The highest BCUT2D eigenvalue weighted by molar-refractivity contribution is 5.27. The smallest absolute Gasteiger partial charge is 0.153 e. The van der Waals surface area contributed by atoms with Crippen LogP contribution in [0.2, 0.25) is 0 Å². The summed E-state index contributed by atoms with van der Waals surface area (Å²) in [5, 5.41) is 13.3. The molecule has 0 unspecified atom stereocenters. The second-order valence-corrected chi connectivity index (χ2v) is 3.48. The Kier molecular flexibility index (Phi) is 2.51. The molecule has 0 saturated carbocycles. The largest absolute Gasteiger partial charge is 0.390 e. The van der Waals surface area contributed by atoms with E-state index in [2.05, 4.69) is 10.1 Å². The maximum Gasteiger partial charge on any atom is 0.153 e. The van der Waals surface area contributed by atoms with Crippen LogP contribution in [0.15, 0.2) is 24.3 Å². The van der Waals surface area contributed by atoms with Gasteiger partial charge in [-0.25, -0.2) is 9.67 Å². The molecule has 2 heterocycles. The molecule has 2 aromatic rings. The fourth-order valence-corrected chi connectivity index (χ4v) is 1.53. The molecule has 0 spiro atoms. The van der Waals surface area contributed by atoms with Gasteiger partial charge in [-0.3, -0.25) is 0 Å². The summed E-state index contributed by atoms with van der Waals surface area (Å²) in [6.45, 7) is 3.87. The summed E-state index contributed by atoms with van der Waals surface area (Å²) in [5.74, 6) is 0.743. The number of nitrogens with zero attached hydrogens (tertiary/aromatic N) is 3. The molecule has 78 valence electrons. The van der Waals surface area contributed by atoms with Crippen molar-refractivity contribution in [3.63, 3.8) is 0 Å². The van der Waals surface area contributed by atoms with E-state index in [0.717, 1.165) is 17.2 Å². The van der Waals surface area contributed by atoms with Gasteiger partial charge in [-0.2, -0.15) is 5.10 Å². The summed E-state index contributed by atoms with van der Waals surface area (Å²) in [4.78, 5) is 4.29. The SMILES string of the molecule is Cc1cc(C)n(-c2cccc(CO)n2)n1. The maximum atomic E-state index is 8.99. The number of aliphatic hydroxyl groups excluding tert-OH is 1. The number of rotatable bonds is 2. The van der Waals surface area contributed by atoms with Crippen molar-refractivity contribution in [3.8, 4) is 5.82 Å². The maximum absolute atomic E-state index is 8.99. The van der Waals surface area contributed by atoms with Crippen LogP contribution < -0.4 is 0 Å². The van der Waals surface area contributed by atoms with Crippen molar-refractivity contribution in [2.45, 2.75) is 20.5 Å². The summed E-state index contributed by atoms with van der Waals surface area (Å²) in [5.41, 5.74) is 2.65. The average molecular weight is 203 g/mol. The molecule has 4 nitrogen and oxygen atoms in total. The molecule has 0 radical (unpaired) electrons. The normalized spacial score (nSPS) is 10.6. The van der Waals surface area contributed by atoms with E-state index in [4.69, 9.17) is 5.11 Å². The van der Waals surface area contributed by atoms with Gasteiger partial charge in [0.1, 0.15) is 0 Å². The van der Waals surface area contributed by atoms with Crippen LogP contribution in [-0.4, -0.2) is 19.9 Å². The van der Waals surface area contributed by atoms with Gasteiger partial charge in [0.25, 0.3) is 0 Å². The highest BCUT2D eigenvalue weighted by Crippen LogP contribution is 2.10. The van der Waals surface area contributed by atoms with Crippen LogP contribution in [0.25, 0.3) is 5.82 Å². The lowest BCUT2D eigenvalue weighted by Crippen LogP contribution is -2.03. The third-order valence-corrected chi connectivity index (χ3v) is 2.18. The molecule has 0 aliphatic heterocycles. The summed E-state index contributed by atoms with van der Waals surface area (Å²) in [7, 11) is 0. The molecule has 0 fully saturated rings. The minimum absolute atomic E-state index is 0.0485. The van der Waals surface area contributed by atoms with Crippen molar-refractivity contribution in [2.24, 2.45) is 0 Å². The van der Waals surface area contributed by atoms with Crippen LogP contribution in [0.3, 0.4) is 0 Å². The minimum atomic E-state index is -0.0485. The Hall–Kier alpha value is -1.68. The van der Waals surface area contributed by atoms with Crippen LogP contribution in [0.5, 0.6) is 0 Å².